The van der Waals surface area contributed by atoms with E-state index in [9.17, 15) is 9.18 Å². The van der Waals surface area contributed by atoms with Crippen molar-refractivity contribution in [3.05, 3.63) is 54.1 Å². The van der Waals surface area contributed by atoms with Gasteiger partial charge >= 0.3 is 0 Å². The van der Waals surface area contributed by atoms with Crippen LogP contribution in [0.3, 0.4) is 0 Å². The van der Waals surface area contributed by atoms with Crippen molar-refractivity contribution in [1.82, 2.24) is 14.4 Å². The van der Waals surface area contributed by atoms with Crippen molar-refractivity contribution >= 4 is 5.91 Å². The fourth-order valence-corrected chi connectivity index (χ4v) is 3.84. The van der Waals surface area contributed by atoms with Crippen molar-refractivity contribution in [2.75, 3.05) is 26.2 Å². The highest BCUT2D eigenvalue weighted by Crippen LogP contribution is 2.26. The highest BCUT2D eigenvalue weighted by atomic mass is 19.1. The first-order chi connectivity index (χ1) is 12.1. The van der Waals surface area contributed by atoms with Crippen LogP contribution in [0.1, 0.15) is 16.9 Å². The molecule has 2 atom stereocenters. The molecule has 0 unspecified atom stereocenters. The molecule has 2 aromatic rings. The monoisotopic (exact) mass is 343 g/mol. The van der Waals surface area contributed by atoms with Crippen LogP contribution in [0.2, 0.25) is 0 Å². The van der Waals surface area contributed by atoms with E-state index in [0.29, 0.717) is 18.3 Å². The van der Waals surface area contributed by atoms with Gasteiger partial charge in [0.15, 0.2) is 0 Å². The Kier molecular flexibility index (Phi) is 4.21. The number of benzene rings is 1. The minimum absolute atomic E-state index is 0.0388. The molecule has 0 N–H and O–H groups in total. The summed E-state index contributed by atoms with van der Waals surface area (Å²) in [7, 11) is 1.89. The third kappa shape index (κ3) is 3.26. The summed E-state index contributed by atoms with van der Waals surface area (Å²) < 4.78 is 21.1. The zero-order valence-corrected chi connectivity index (χ0v) is 14.3. The second-order valence-electron chi connectivity index (χ2n) is 6.84. The van der Waals surface area contributed by atoms with Gasteiger partial charge in [-0.05, 0) is 24.3 Å². The second kappa shape index (κ2) is 6.52. The Balaban J connectivity index is 1.39. The molecule has 25 heavy (non-hydrogen) atoms. The van der Waals surface area contributed by atoms with Gasteiger partial charge in [-0.3, -0.25) is 9.69 Å². The topological polar surface area (TPSA) is 37.7 Å². The van der Waals surface area contributed by atoms with Crippen LogP contribution in [-0.2, 0) is 7.05 Å². The molecule has 3 heterocycles. The average Bonchev–Trinajstić information content (AvgIpc) is 3.19. The summed E-state index contributed by atoms with van der Waals surface area (Å²) in [6, 6.07) is 10.3. The summed E-state index contributed by atoms with van der Waals surface area (Å²) in [5.74, 6) is 0.371. The van der Waals surface area contributed by atoms with Gasteiger partial charge in [-0.15, -0.1) is 0 Å². The Morgan fingerprint density at radius 3 is 2.84 bits per heavy atom. The first kappa shape index (κ1) is 16.1. The fourth-order valence-electron chi connectivity index (χ4n) is 3.84. The van der Waals surface area contributed by atoms with Gasteiger partial charge in [0.05, 0.1) is 0 Å². The molecule has 5 nitrogen and oxygen atoms in total. The molecule has 1 amide bonds. The third-order valence-electron chi connectivity index (χ3n) is 5.13. The Labute approximate surface area is 146 Å². The van der Waals surface area contributed by atoms with Crippen molar-refractivity contribution in [3.8, 4) is 5.75 Å². The average molecular weight is 343 g/mol. The lowest BCUT2D eigenvalue weighted by Crippen LogP contribution is -2.52. The van der Waals surface area contributed by atoms with E-state index in [1.807, 2.05) is 34.8 Å². The maximum absolute atomic E-state index is 13.3. The van der Waals surface area contributed by atoms with Gasteiger partial charge < -0.3 is 14.2 Å². The molecule has 2 fully saturated rings. The van der Waals surface area contributed by atoms with Crippen molar-refractivity contribution in [3.63, 3.8) is 0 Å². The lowest BCUT2D eigenvalue weighted by Gasteiger charge is -2.37. The van der Waals surface area contributed by atoms with E-state index in [1.165, 1.54) is 12.1 Å². The predicted octanol–water partition coefficient (Wildman–Crippen LogP) is 2.14. The summed E-state index contributed by atoms with van der Waals surface area (Å²) in [5, 5.41) is 0. The Bertz CT molecular complexity index is 776. The number of carbonyl (C=O) groups excluding carboxylic acids is 1. The number of hydrogen-bond acceptors (Lipinski definition) is 3. The van der Waals surface area contributed by atoms with Crippen LogP contribution in [0.4, 0.5) is 4.39 Å². The largest absolute Gasteiger partial charge is 0.489 e. The molecule has 0 aliphatic carbocycles. The second-order valence-corrected chi connectivity index (χ2v) is 6.84. The van der Waals surface area contributed by atoms with E-state index in [-0.39, 0.29) is 17.8 Å². The zero-order chi connectivity index (χ0) is 17.4. The molecule has 132 valence electrons. The molecular weight excluding hydrogens is 321 g/mol. The van der Waals surface area contributed by atoms with Crippen molar-refractivity contribution in [2.24, 2.45) is 7.05 Å². The Hall–Kier alpha value is -2.34. The predicted molar refractivity (Wildman–Crippen MR) is 92.1 cm³/mol. The van der Waals surface area contributed by atoms with E-state index < -0.39 is 0 Å². The van der Waals surface area contributed by atoms with E-state index in [2.05, 4.69) is 4.90 Å². The highest BCUT2D eigenvalue weighted by molar-refractivity contribution is 5.92. The van der Waals surface area contributed by atoms with Crippen LogP contribution in [0.15, 0.2) is 42.6 Å². The quantitative estimate of drug-likeness (QED) is 0.857. The van der Waals surface area contributed by atoms with Gasteiger partial charge in [0.2, 0.25) is 0 Å². The Morgan fingerprint density at radius 2 is 2.08 bits per heavy atom. The molecule has 1 aromatic carbocycles. The van der Waals surface area contributed by atoms with Crippen LogP contribution in [0, 0.1) is 5.82 Å². The smallest absolute Gasteiger partial charge is 0.270 e. The van der Waals surface area contributed by atoms with Gasteiger partial charge in [0, 0.05) is 58.0 Å². The number of fused-ring (bicyclic) bond motifs is 1. The standard InChI is InChI=1S/C19H22FN3O2/c1-21-7-3-6-18(21)19(24)23-9-8-22-13-17(11-15(22)12-23)25-16-5-2-4-14(20)10-16/h2-7,10,15,17H,8-9,11-13H2,1H3/t15-,17-/m1/s1. The normalized spacial score (nSPS) is 23.5. The summed E-state index contributed by atoms with van der Waals surface area (Å²) in [4.78, 5) is 17.0. The molecule has 6 heteroatoms. The van der Waals surface area contributed by atoms with Gasteiger partial charge in [0.1, 0.15) is 23.4 Å². The zero-order valence-electron chi connectivity index (χ0n) is 14.3. The molecule has 2 saturated heterocycles. The number of nitrogens with zero attached hydrogens (tertiary/aromatic N) is 3. The molecule has 1 aromatic heterocycles. The molecule has 0 saturated carbocycles. The summed E-state index contributed by atoms with van der Waals surface area (Å²) in [5.41, 5.74) is 0.721. The molecule has 2 aliphatic rings. The number of ether oxygens (including phenoxy) is 1. The first-order valence-electron chi connectivity index (χ1n) is 8.67. The number of halogens is 1. The van der Waals surface area contributed by atoms with E-state index >= 15 is 0 Å². The molecule has 4 rings (SSSR count). The maximum atomic E-state index is 13.3. The van der Waals surface area contributed by atoms with Crippen molar-refractivity contribution in [2.45, 2.75) is 18.6 Å². The summed E-state index contributed by atoms with van der Waals surface area (Å²) >= 11 is 0. The summed E-state index contributed by atoms with van der Waals surface area (Å²) in [6.45, 7) is 3.12. The minimum Gasteiger partial charge on any atom is -0.489 e. The first-order valence-corrected chi connectivity index (χ1v) is 8.67. The number of hydrogen-bond donors (Lipinski definition) is 0. The number of aryl methyl sites for hydroxylation is 1. The van der Waals surface area contributed by atoms with Crippen molar-refractivity contribution < 1.29 is 13.9 Å². The van der Waals surface area contributed by atoms with E-state index in [0.717, 1.165) is 31.7 Å². The molecule has 2 aliphatic heterocycles. The number of carbonyl (C=O) groups is 1. The lowest BCUT2D eigenvalue weighted by molar-refractivity contribution is 0.0561. The van der Waals surface area contributed by atoms with Gasteiger partial charge in [-0.2, -0.15) is 0 Å². The van der Waals surface area contributed by atoms with E-state index in [1.54, 1.807) is 12.1 Å². The number of rotatable bonds is 3. The van der Waals surface area contributed by atoms with Crippen molar-refractivity contribution in [1.29, 1.82) is 0 Å². The van der Waals surface area contributed by atoms with Crippen LogP contribution in [0.5, 0.6) is 5.75 Å². The van der Waals surface area contributed by atoms with E-state index in [4.69, 9.17) is 4.74 Å². The minimum atomic E-state index is -0.285. The molecule has 0 radical (unpaired) electrons. The lowest BCUT2D eigenvalue weighted by atomic mass is 10.1. The number of amides is 1. The Morgan fingerprint density at radius 1 is 1.20 bits per heavy atom. The molecular formula is C19H22FN3O2. The van der Waals surface area contributed by atoms with Crippen LogP contribution < -0.4 is 4.74 Å². The molecule has 0 bridgehead atoms. The fraction of sp³-hybridized carbons (Fsp3) is 0.421. The summed E-state index contributed by atoms with van der Waals surface area (Å²) in [6.07, 6.45) is 2.78. The number of piperazine rings is 1. The van der Waals surface area contributed by atoms with Crippen LogP contribution >= 0.6 is 0 Å². The van der Waals surface area contributed by atoms with Crippen LogP contribution in [0.25, 0.3) is 0 Å². The SMILES string of the molecule is Cn1cccc1C(=O)N1CCN2C[C@H](Oc3cccc(F)c3)C[C@@H]2C1. The molecule has 0 spiro atoms. The van der Waals surface area contributed by atoms with Crippen LogP contribution in [-0.4, -0.2) is 58.6 Å². The van der Waals surface area contributed by atoms with Gasteiger partial charge in [-0.25, -0.2) is 4.39 Å². The van der Waals surface area contributed by atoms with Gasteiger partial charge in [0.25, 0.3) is 5.91 Å². The third-order valence-corrected chi connectivity index (χ3v) is 5.13. The number of aromatic nitrogens is 1. The highest BCUT2D eigenvalue weighted by Gasteiger charge is 2.38. The van der Waals surface area contributed by atoms with Gasteiger partial charge in [-0.1, -0.05) is 6.07 Å². The maximum Gasteiger partial charge on any atom is 0.270 e.